The van der Waals surface area contributed by atoms with Crippen molar-refractivity contribution < 1.29 is 9.53 Å². The van der Waals surface area contributed by atoms with E-state index >= 15 is 0 Å². The zero-order valence-corrected chi connectivity index (χ0v) is 16.5. The summed E-state index contributed by atoms with van der Waals surface area (Å²) in [4.78, 5) is 11.9. The second-order valence-corrected chi connectivity index (χ2v) is 7.65. The van der Waals surface area contributed by atoms with E-state index in [9.17, 15) is 4.79 Å². The molecule has 0 spiro atoms. The molecule has 0 radical (unpaired) electrons. The van der Waals surface area contributed by atoms with E-state index in [1.807, 2.05) is 44.2 Å². The number of thioether (sulfide) groups is 1. The summed E-state index contributed by atoms with van der Waals surface area (Å²) < 4.78 is 5.60. The Kier molecular flexibility index (Phi) is 7.94. The normalized spacial score (nSPS) is 10.8. The second kappa shape index (κ2) is 9.95. The van der Waals surface area contributed by atoms with Crippen LogP contribution in [0.5, 0.6) is 5.75 Å². The standard InChI is InChI=1S/C19H21Cl2NO2S/c1-13(2)24-17-7-3-14(4-8-17)10-22-19(23)12-25-11-15-5-6-16(20)9-18(15)21/h3-9,13H,10-12H2,1-2H3,(H,22,23). The van der Waals surface area contributed by atoms with Gasteiger partial charge in [0.1, 0.15) is 5.75 Å². The van der Waals surface area contributed by atoms with E-state index in [0.717, 1.165) is 16.9 Å². The van der Waals surface area contributed by atoms with Gasteiger partial charge in [-0.1, -0.05) is 41.4 Å². The lowest BCUT2D eigenvalue weighted by molar-refractivity contribution is -0.118. The third kappa shape index (κ3) is 7.18. The largest absolute Gasteiger partial charge is 0.491 e. The van der Waals surface area contributed by atoms with Gasteiger partial charge in [-0.25, -0.2) is 0 Å². The highest BCUT2D eigenvalue weighted by molar-refractivity contribution is 7.99. The number of hydrogen-bond acceptors (Lipinski definition) is 3. The Labute approximate surface area is 163 Å². The molecule has 0 aliphatic rings. The van der Waals surface area contributed by atoms with Gasteiger partial charge in [-0.05, 0) is 49.2 Å². The van der Waals surface area contributed by atoms with Crippen LogP contribution < -0.4 is 10.1 Å². The molecule has 2 aromatic carbocycles. The van der Waals surface area contributed by atoms with Crippen molar-refractivity contribution in [2.45, 2.75) is 32.2 Å². The molecule has 2 rings (SSSR count). The van der Waals surface area contributed by atoms with Crippen LogP contribution >= 0.6 is 35.0 Å². The molecule has 6 heteroatoms. The predicted octanol–water partition coefficient (Wildman–Crippen LogP) is 5.33. The molecule has 0 unspecified atom stereocenters. The average Bonchev–Trinajstić information content (AvgIpc) is 2.56. The highest BCUT2D eigenvalue weighted by Crippen LogP contribution is 2.24. The average molecular weight is 398 g/mol. The van der Waals surface area contributed by atoms with E-state index < -0.39 is 0 Å². The first-order chi connectivity index (χ1) is 11.9. The highest BCUT2D eigenvalue weighted by atomic mass is 35.5. The zero-order valence-electron chi connectivity index (χ0n) is 14.2. The molecule has 0 aliphatic carbocycles. The molecule has 0 saturated carbocycles. The SMILES string of the molecule is CC(C)Oc1ccc(CNC(=O)CSCc2ccc(Cl)cc2Cl)cc1. The summed E-state index contributed by atoms with van der Waals surface area (Å²) in [6.45, 7) is 4.48. The summed E-state index contributed by atoms with van der Waals surface area (Å²) in [6, 6.07) is 13.1. The lowest BCUT2D eigenvalue weighted by atomic mass is 10.2. The maximum absolute atomic E-state index is 11.9. The number of benzene rings is 2. The number of hydrogen-bond donors (Lipinski definition) is 1. The quantitative estimate of drug-likeness (QED) is 0.653. The van der Waals surface area contributed by atoms with Crippen LogP contribution in [0.3, 0.4) is 0 Å². The second-order valence-electron chi connectivity index (χ2n) is 5.82. The molecule has 134 valence electrons. The zero-order chi connectivity index (χ0) is 18.2. The van der Waals surface area contributed by atoms with Crippen molar-refractivity contribution in [2.24, 2.45) is 0 Å². The number of nitrogens with one attached hydrogen (secondary N) is 1. The van der Waals surface area contributed by atoms with Crippen molar-refractivity contribution in [1.29, 1.82) is 0 Å². The summed E-state index contributed by atoms with van der Waals surface area (Å²) >= 11 is 13.5. The van der Waals surface area contributed by atoms with Gasteiger partial charge in [-0.3, -0.25) is 4.79 Å². The summed E-state index contributed by atoms with van der Waals surface area (Å²) in [5, 5.41) is 4.16. The van der Waals surface area contributed by atoms with E-state index in [4.69, 9.17) is 27.9 Å². The van der Waals surface area contributed by atoms with Gasteiger partial charge in [-0.2, -0.15) is 0 Å². The molecule has 0 atom stereocenters. The van der Waals surface area contributed by atoms with Gasteiger partial charge in [0.15, 0.2) is 0 Å². The number of ether oxygens (including phenoxy) is 1. The van der Waals surface area contributed by atoms with Gasteiger partial charge in [0.2, 0.25) is 5.91 Å². The van der Waals surface area contributed by atoms with Gasteiger partial charge >= 0.3 is 0 Å². The fourth-order valence-corrected chi connectivity index (χ4v) is 3.52. The van der Waals surface area contributed by atoms with Crippen molar-refractivity contribution in [3.05, 3.63) is 63.6 Å². The van der Waals surface area contributed by atoms with E-state index in [0.29, 0.717) is 28.1 Å². The molecule has 25 heavy (non-hydrogen) atoms. The molecule has 0 fully saturated rings. The van der Waals surface area contributed by atoms with Gasteiger partial charge < -0.3 is 10.1 Å². The maximum atomic E-state index is 11.9. The predicted molar refractivity (Wildman–Crippen MR) is 107 cm³/mol. The molecule has 1 amide bonds. The lowest BCUT2D eigenvalue weighted by Crippen LogP contribution is -2.24. The molecule has 0 bridgehead atoms. The van der Waals surface area contributed by atoms with Crippen LogP contribution in [0.2, 0.25) is 10.0 Å². The Balaban J connectivity index is 1.71. The van der Waals surface area contributed by atoms with E-state index in [2.05, 4.69) is 5.32 Å². The Morgan fingerprint density at radius 3 is 2.52 bits per heavy atom. The number of carbonyl (C=O) groups excluding carboxylic acids is 1. The maximum Gasteiger partial charge on any atom is 0.230 e. The Bertz CT molecular complexity index is 705. The van der Waals surface area contributed by atoms with Gasteiger partial charge in [0, 0.05) is 22.3 Å². The molecule has 1 N–H and O–H groups in total. The summed E-state index contributed by atoms with van der Waals surface area (Å²) in [6.07, 6.45) is 0.150. The van der Waals surface area contributed by atoms with Crippen LogP contribution in [0.1, 0.15) is 25.0 Å². The van der Waals surface area contributed by atoms with E-state index in [-0.39, 0.29) is 12.0 Å². The Hall–Kier alpha value is -1.36. The van der Waals surface area contributed by atoms with Crippen LogP contribution in [0.4, 0.5) is 0 Å². The third-order valence-electron chi connectivity index (χ3n) is 3.29. The monoisotopic (exact) mass is 397 g/mol. The topological polar surface area (TPSA) is 38.3 Å². The third-order valence-corrected chi connectivity index (χ3v) is 4.86. The molecule has 2 aromatic rings. The first-order valence-electron chi connectivity index (χ1n) is 7.98. The molecule has 0 aromatic heterocycles. The molecular weight excluding hydrogens is 377 g/mol. The van der Waals surface area contributed by atoms with Crippen molar-refractivity contribution in [3.63, 3.8) is 0 Å². The Morgan fingerprint density at radius 2 is 1.88 bits per heavy atom. The van der Waals surface area contributed by atoms with Gasteiger partial charge in [-0.15, -0.1) is 11.8 Å². The molecule has 0 heterocycles. The number of carbonyl (C=O) groups is 1. The molecule has 3 nitrogen and oxygen atoms in total. The van der Waals surface area contributed by atoms with Crippen molar-refractivity contribution in [2.75, 3.05) is 5.75 Å². The van der Waals surface area contributed by atoms with Gasteiger partial charge in [0.25, 0.3) is 0 Å². The number of amides is 1. The highest BCUT2D eigenvalue weighted by Gasteiger charge is 2.05. The fourth-order valence-electron chi connectivity index (χ4n) is 2.10. The molecule has 0 aliphatic heterocycles. The summed E-state index contributed by atoms with van der Waals surface area (Å²) in [5.74, 6) is 1.89. The van der Waals surface area contributed by atoms with Gasteiger partial charge in [0.05, 0.1) is 11.9 Å². The fraction of sp³-hybridized carbons (Fsp3) is 0.316. The summed E-state index contributed by atoms with van der Waals surface area (Å²) in [7, 11) is 0. The van der Waals surface area contributed by atoms with Crippen molar-refractivity contribution in [3.8, 4) is 5.75 Å². The van der Waals surface area contributed by atoms with Crippen LogP contribution in [0, 0.1) is 0 Å². The minimum atomic E-state index is -0.00223. The van der Waals surface area contributed by atoms with Crippen LogP contribution in [0.25, 0.3) is 0 Å². The smallest absolute Gasteiger partial charge is 0.230 e. The van der Waals surface area contributed by atoms with E-state index in [1.54, 1.807) is 12.1 Å². The molecule has 0 saturated heterocycles. The van der Waals surface area contributed by atoms with Crippen LogP contribution in [0.15, 0.2) is 42.5 Å². The Morgan fingerprint density at radius 1 is 1.16 bits per heavy atom. The van der Waals surface area contributed by atoms with Crippen molar-refractivity contribution >= 4 is 40.9 Å². The number of halogens is 2. The van der Waals surface area contributed by atoms with E-state index in [1.165, 1.54) is 11.8 Å². The lowest BCUT2D eigenvalue weighted by Gasteiger charge is -2.10. The number of rotatable bonds is 8. The first-order valence-corrected chi connectivity index (χ1v) is 9.89. The van der Waals surface area contributed by atoms with Crippen LogP contribution in [-0.2, 0) is 17.1 Å². The van der Waals surface area contributed by atoms with Crippen molar-refractivity contribution in [1.82, 2.24) is 5.32 Å². The summed E-state index contributed by atoms with van der Waals surface area (Å²) in [5.41, 5.74) is 2.01. The molecular formula is C19H21Cl2NO2S. The minimum Gasteiger partial charge on any atom is -0.491 e. The minimum absolute atomic E-state index is 0.00223. The van der Waals surface area contributed by atoms with Crippen LogP contribution in [-0.4, -0.2) is 17.8 Å². The first kappa shape index (κ1) is 20.0.